The lowest BCUT2D eigenvalue weighted by Gasteiger charge is -2.00. The first kappa shape index (κ1) is 9.19. The lowest BCUT2D eigenvalue weighted by molar-refractivity contribution is -0.139. The fraction of sp³-hybridized carbons (Fsp3) is 0.250. The van der Waals surface area contributed by atoms with Crippen LogP contribution in [0, 0.1) is 0 Å². The van der Waals surface area contributed by atoms with Gasteiger partial charge in [0.15, 0.2) is 0 Å². The zero-order valence-corrected chi connectivity index (χ0v) is 8.17. The maximum absolute atomic E-state index is 10.9. The maximum Gasteiger partial charge on any atom is 0.311 e. The van der Waals surface area contributed by atoms with Gasteiger partial charge in [0.05, 0.1) is 19.2 Å². The molecule has 12 heavy (non-hydrogen) atoms. The predicted molar refractivity (Wildman–Crippen MR) is 47.7 cm³/mol. The molecular weight excluding hydrogens is 222 g/mol. The van der Waals surface area contributed by atoms with Crippen molar-refractivity contribution in [3.63, 3.8) is 0 Å². The number of esters is 1. The molecule has 0 unspecified atom stereocenters. The number of nitrogens with zero attached hydrogens (tertiary/aromatic N) is 1. The molecular formula is C8H8BrNO2. The van der Waals surface area contributed by atoms with Gasteiger partial charge in [0.2, 0.25) is 0 Å². The van der Waals surface area contributed by atoms with Crippen LogP contribution >= 0.6 is 15.9 Å². The van der Waals surface area contributed by atoms with E-state index in [0.29, 0.717) is 5.69 Å². The Labute approximate surface area is 78.9 Å². The van der Waals surface area contributed by atoms with E-state index >= 15 is 0 Å². The normalized spacial score (nSPS) is 9.50. The summed E-state index contributed by atoms with van der Waals surface area (Å²) in [7, 11) is 1.36. The molecule has 1 aromatic rings. The van der Waals surface area contributed by atoms with E-state index < -0.39 is 0 Å². The van der Waals surface area contributed by atoms with Gasteiger partial charge in [0, 0.05) is 10.7 Å². The molecule has 0 bridgehead atoms. The zero-order valence-electron chi connectivity index (χ0n) is 6.58. The van der Waals surface area contributed by atoms with Gasteiger partial charge in [0.25, 0.3) is 0 Å². The second-order valence-corrected chi connectivity index (χ2v) is 3.04. The number of pyridine rings is 1. The van der Waals surface area contributed by atoms with Crippen LogP contribution in [0.4, 0.5) is 0 Å². The summed E-state index contributed by atoms with van der Waals surface area (Å²) in [6.45, 7) is 0. The molecule has 0 fully saturated rings. The van der Waals surface area contributed by atoms with Gasteiger partial charge < -0.3 is 4.74 Å². The van der Waals surface area contributed by atoms with Crippen molar-refractivity contribution < 1.29 is 9.53 Å². The Hall–Kier alpha value is -0.900. The van der Waals surface area contributed by atoms with E-state index in [9.17, 15) is 4.79 Å². The first-order valence-electron chi connectivity index (χ1n) is 3.40. The fourth-order valence-corrected chi connectivity index (χ4v) is 1.15. The van der Waals surface area contributed by atoms with Crippen molar-refractivity contribution in [3.8, 4) is 0 Å². The van der Waals surface area contributed by atoms with Crippen LogP contribution in [0.3, 0.4) is 0 Å². The van der Waals surface area contributed by atoms with Crippen molar-refractivity contribution >= 4 is 21.9 Å². The third-order valence-electron chi connectivity index (χ3n) is 1.37. The Balaban J connectivity index is 2.75. The lowest BCUT2D eigenvalue weighted by Crippen LogP contribution is -2.06. The fourth-order valence-electron chi connectivity index (χ4n) is 0.757. The number of halogens is 1. The number of carbonyl (C=O) groups excluding carboxylic acids is 1. The van der Waals surface area contributed by atoms with Crippen LogP contribution in [0.25, 0.3) is 0 Å². The van der Waals surface area contributed by atoms with Crippen LogP contribution in [0.5, 0.6) is 0 Å². The van der Waals surface area contributed by atoms with Crippen molar-refractivity contribution in [2.45, 2.75) is 6.42 Å². The van der Waals surface area contributed by atoms with Crippen LogP contribution in [-0.4, -0.2) is 18.1 Å². The summed E-state index contributed by atoms with van der Waals surface area (Å²) in [6, 6.07) is 3.64. The molecule has 0 spiro atoms. The second-order valence-electron chi connectivity index (χ2n) is 2.18. The third kappa shape index (κ3) is 2.30. The highest BCUT2D eigenvalue weighted by atomic mass is 79.9. The smallest absolute Gasteiger partial charge is 0.311 e. The summed E-state index contributed by atoms with van der Waals surface area (Å²) in [5.41, 5.74) is 0.698. The van der Waals surface area contributed by atoms with Crippen LogP contribution in [-0.2, 0) is 16.0 Å². The van der Waals surface area contributed by atoms with Gasteiger partial charge in [-0.25, -0.2) is 0 Å². The molecule has 0 atom stereocenters. The van der Waals surface area contributed by atoms with Gasteiger partial charge in [-0.1, -0.05) is 0 Å². The Morgan fingerprint density at radius 2 is 2.50 bits per heavy atom. The number of ether oxygens (including phenoxy) is 1. The number of aromatic nitrogens is 1. The Bertz CT molecular complexity index is 288. The van der Waals surface area contributed by atoms with Crippen LogP contribution < -0.4 is 0 Å². The first-order valence-corrected chi connectivity index (χ1v) is 4.19. The molecule has 0 N–H and O–H groups in total. The highest BCUT2D eigenvalue weighted by Gasteiger charge is 2.06. The van der Waals surface area contributed by atoms with Gasteiger partial charge in [-0.05, 0) is 28.1 Å². The van der Waals surface area contributed by atoms with Crippen LogP contribution in [0.2, 0.25) is 0 Å². The molecule has 3 nitrogen and oxygen atoms in total. The Kier molecular flexibility index (Phi) is 3.22. The van der Waals surface area contributed by atoms with Crippen molar-refractivity contribution in [2.24, 2.45) is 0 Å². The minimum absolute atomic E-state index is 0.206. The average molecular weight is 230 g/mol. The van der Waals surface area contributed by atoms with Gasteiger partial charge in [-0.2, -0.15) is 0 Å². The zero-order chi connectivity index (χ0) is 8.97. The summed E-state index contributed by atoms with van der Waals surface area (Å²) in [4.78, 5) is 14.9. The third-order valence-corrected chi connectivity index (χ3v) is 2.10. The summed E-state index contributed by atoms with van der Waals surface area (Å²) >= 11 is 3.28. The van der Waals surface area contributed by atoms with Crippen molar-refractivity contribution in [2.75, 3.05) is 7.11 Å². The molecule has 0 saturated heterocycles. The molecule has 0 aliphatic carbocycles. The van der Waals surface area contributed by atoms with E-state index in [0.717, 1.165) is 4.47 Å². The number of hydrogen-bond acceptors (Lipinski definition) is 3. The quantitative estimate of drug-likeness (QED) is 0.723. The molecule has 1 rings (SSSR count). The second kappa shape index (κ2) is 4.21. The molecule has 0 amide bonds. The van der Waals surface area contributed by atoms with E-state index in [1.54, 1.807) is 12.3 Å². The highest BCUT2D eigenvalue weighted by Crippen LogP contribution is 2.13. The van der Waals surface area contributed by atoms with Crippen molar-refractivity contribution in [1.29, 1.82) is 0 Å². The minimum Gasteiger partial charge on any atom is -0.469 e. The molecule has 0 aliphatic rings. The first-order chi connectivity index (χ1) is 5.74. The van der Waals surface area contributed by atoms with Crippen LogP contribution in [0.1, 0.15) is 5.69 Å². The van der Waals surface area contributed by atoms with Crippen molar-refractivity contribution in [1.82, 2.24) is 4.98 Å². The summed E-state index contributed by atoms with van der Waals surface area (Å²) in [6.07, 6.45) is 1.85. The molecule has 4 heteroatoms. The number of methoxy groups -OCH3 is 1. The molecule has 0 saturated carbocycles. The summed E-state index contributed by atoms with van der Waals surface area (Å²) in [5, 5.41) is 0. The molecule has 0 aliphatic heterocycles. The van der Waals surface area contributed by atoms with Crippen LogP contribution in [0.15, 0.2) is 22.8 Å². The number of hydrogen-bond donors (Lipinski definition) is 0. The largest absolute Gasteiger partial charge is 0.469 e. The summed E-state index contributed by atoms with van der Waals surface area (Å²) < 4.78 is 5.34. The van der Waals surface area contributed by atoms with Gasteiger partial charge in [-0.3, -0.25) is 9.78 Å². The SMILES string of the molecule is COC(=O)Cc1ncccc1Br. The monoisotopic (exact) mass is 229 g/mol. The molecule has 1 aromatic heterocycles. The minimum atomic E-state index is -0.283. The van der Waals surface area contributed by atoms with E-state index in [4.69, 9.17) is 0 Å². The topological polar surface area (TPSA) is 39.2 Å². The Morgan fingerprint density at radius 3 is 3.08 bits per heavy atom. The standard InChI is InChI=1S/C8H8BrNO2/c1-12-8(11)5-7-6(9)3-2-4-10-7/h2-4H,5H2,1H3. The Morgan fingerprint density at radius 1 is 1.75 bits per heavy atom. The van der Waals surface area contributed by atoms with E-state index in [1.165, 1.54) is 7.11 Å². The molecule has 0 radical (unpaired) electrons. The van der Waals surface area contributed by atoms with Gasteiger partial charge in [-0.15, -0.1) is 0 Å². The predicted octanol–water partition coefficient (Wildman–Crippen LogP) is 1.56. The van der Waals surface area contributed by atoms with Gasteiger partial charge in [0.1, 0.15) is 0 Å². The van der Waals surface area contributed by atoms with E-state index in [2.05, 4.69) is 25.7 Å². The molecule has 64 valence electrons. The van der Waals surface area contributed by atoms with E-state index in [1.807, 2.05) is 6.07 Å². The average Bonchev–Trinajstić information content (AvgIpc) is 2.09. The molecule has 1 heterocycles. The lowest BCUT2D eigenvalue weighted by atomic mass is 10.3. The summed E-state index contributed by atoms with van der Waals surface area (Å²) in [5.74, 6) is -0.283. The maximum atomic E-state index is 10.9. The van der Waals surface area contributed by atoms with Gasteiger partial charge >= 0.3 is 5.97 Å². The van der Waals surface area contributed by atoms with E-state index in [-0.39, 0.29) is 12.4 Å². The number of rotatable bonds is 2. The highest BCUT2D eigenvalue weighted by molar-refractivity contribution is 9.10. The van der Waals surface area contributed by atoms with Crippen molar-refractivity contribution in [3.05, 3.63) is 28.5 Å². The number of carbonyl (C=O) groups is 1. The molecule has 0 aromatic carbocycles.